The lowest BCUT2D eigenvalue weighted by molar-refractivity contribution is -0.112. The average Bonchev–Trinajstić information content (AvgIpc) is 3.50. The number of nitrogens with zero attached hydrogens (tertiary/aromatic N) is 4. The van der Waals surface area contributed by atoms with E-state index in [1.807, 2.05) is 37.3 Å². The Balaban J connectivity index is 0.000000638. The quantitative estimate of drug-likeness (QED) is 0.104. The van der Waals surface area contributed by atoms with Gasteiger partial charge in [0.15, 0.2) is 0 Å². The Labute approximate surface area is 336 Å². The zero-order chi connectivity index (χ0) is 43.0. The SMILES string of the molecule is CCOc1cc2ncc(C#N)c(Nc3ccc(OCc4ccccn4)c(Cl)c3)c2cc1NC(=O)C=C[C@H]1CCCN1C.CS(=O)(=O)O.CS(=O)(=O)O.CS(=O)(=O)O. The molecule has 57 heavy (non-hydrogen) atoms. The van der Waals surface area contributed by atoms with E-state index in [0.717, 1.165) is 25.1 Å². The number of nitriles is 1. The molecule has 3 heterocycles. The third kappa shape index (κ3) is 20.2. The number of nitrogens with one attached hydrogen (secondary N) is 2. The zero-order valence-electron chi connectivity index (χ0n) is 31.4. The molecule has 1 fully saturated rings. The molecule has 4 aromatic rings. The van der Waals surface area contributed by atoms with Crippen LogP contribution >= 0.6 is 11.6 Å². The lowest BCUT2D eigenvalue weighted by Gasteiger charge is -2.17. The van der Waals surface area contributed by atoms with Gasteiger partial charge in [-0.3, -0.25) is 33.3 Å². The van der Waals surface area contributed by atoms with Crippen molar-refractivity contribution in [3.05, 3.63) is 89.4 Å². The number of halogens is 1. The number of carbonyl (C=O) groups is 1. The van der Waals surface area contributed by atoms with E-state index in [1.54, 1.807) is 36.5 Å². The molecule has 0 unspecified atom stereocenters. The van der Waals surface area contributed by atoms with Crippen molar-refractivity contribution < 1.29 is 53.2 Å². The predicted octanol–water partition coefficient (Wildman–Crippen LogP) is 4.98. The molecule has 2 aromatic carbocycles. The molecule has 0 bridgehead atoms. The molecule has 18 nitrogen and oxygen atoms in total. The fraction of sp³-hybridized carbons (Fsp3) is 0.314. The summed E-state index contributed by atoms with van der Waals surface area (Å²) >= 11 is 6.54. The van der Waals surface area contributed by atoms with Gasteiger partial charge in [0.2, 0.25) is 5.91 Å². The molecule has 1 atom stereocenters. The van der Waals surface area contributed by atoms with Crippen LogP contribution < -0.4 is 20.1 Å². The first-order valence-electron chi connectivity index (χ1n) is 16.5. The van der Waals surface area contributed by atoms with E-state index in [4.69, 9.17) is 34.7 Å². The molecular formula is C35H43ClN6O12S3. The van der Waals surface area contributed by atoms with Gasteiger partial charge in [0.05, 0.1) is 58.5 Å². The van der Waals surface area contributed by atoms with Gasteiger partial charge in [-0.05, 0) is 69.8 Å². The lowest BCUT2D eigenvalue weighted by Crippen LogP contribution is -2.23. The van der Waals surface area contributed by atoms with Gasteiger partial charge in [0.1, 0.15) is 24.2 Å². The number of likely N-dealkylation sites (N-methyl/N-ethyl adjacent to an activating group) is 1. The monoisotopic (exact) mass is 870 g/mol. The van der Waals surface area contributed by atoms with Gasteiger partial charge < -0.3 is 20.1 Å². The molecule has 5 rings (SSSR count). The van der Waals surface area contributed by atoms with E-state index in [-0.39, 0.29) is 18.6 Å². The molecule has 2 aromatic heterocycles. The van der Waals surface area contributed by atoms with Crippen molar-refractivity contribution in [1.29, 1.82) is 5.26 Å². The summed E-state index contributed by atoms with van der Waals surface area (Å²) in [4.78, 5) is 23.9. The van der Waals surface area contributed by atoms with Crippen molar-refractivity contribution in [1.82, 2.24) is 14.9 Å². The van der Waals surface area contributed by atoms with Crippen LogP contribution in [0.15, 0.2) is 73.1 Å². The molecule has 1 aliphatic rings. The van der Waals surface area contributed by atoms with Crippen LogP contribution in [0.25, 0.3) is 10.9 Å². The number of hydrogen-bond donors (Lipinski definition) is 5. The predicted molar refractivity (Wildman–Crippen MR) is 217 cm³/mol. The van der Waals surface area contributed by atoms with Crippen LogP contribution in [0.1, 0.15) is 31.0 Å². The van der Waals surface area contributed by atoms with E-state index in [1.165, 1.54) is 6.20 Å². The van der Waals surface area contributed by atoms with Crippen LogP contribution in [0.5, 0.6) is 11.5 Å². The van der Waals surface area contributed by atoms with Crippen molar-refractivity contribution in [2.75, 3.05) is 49.6 Å². The number of benzene rings is 2. The Hall–Kier alpha value is -4.92. The minimum Gasteiger partial charge on any atom is -0.492 e. The molecule has 1 amide bonds. The van der Waals surface area contributed by atoms with E-state index in [2.05, 4.69) is 38.6 Å². The van der Waals surface area contributed by atoms with Gasteiger partial charge in [0.25, 0.3) is 30.4 Å². The highest BCUT2D eigenvalue weighted by Gasteiger charge is 2.19. The van der Waals surface area contributed by atoms with Crippen LogP contribution in [-0.4, -0.2) is 105 Å². The number of ether oxygens (including phenoxy) is 2. The van der Waals surface area contributed by atoms with Gasteiger partial charge in [-0.2, -0.15) is 30.5 Å². The first-order chi connectivity index (χ1) is 26.4. The van der Waals surface area contributed by atoms with E-state index < -0.39 is 30.4 Å². The van der Waals surface area contributed by atoms with Crippen molar-refractivity contribution in [2.45, 2.75) is 32.4 Å². The topological polar surface area (TPSA) is 276 Å². The highest BCUT2D eigenvalue weighted by atomic mass is 35.5. The summed E-state index contributed by atoms with van der Waals surface area (Å²) in [5, 5.41) is 17.2. The maximum absolute atomic E-state index is 12.9. The smallest absolute Gasteiger partial charge is 0.261 e. The third-order valence-electron chi connectivity index (χ3n) is 7.00. The molecule has 0 spiro atoms. The van der Waals surface area contributed by atoms with Gasteiger partial charge in [0, 0.05) is 41.7 Å². The second-order valence-electron chi connectivity index (χ2n) is 12.1. The second-order valence-corrected chi connectivity index (χ2v) is 16.9. The molecule has 0 aliphatic carbocycles. The van der Waals surface area contributed by atoms with Gasteiger partial charge in [-0.15, -0.1) is 0 Å². The number of fused-ring (bicyclic) bond motifs is 1. The van der Waals surface area contributed by atoms with Crippen LogP contribution in [0.2, 0.25) is 5.02 Å². The number of pyridine rings is 2. The summed E-state index contributed by atoms with van der Waals surface area (Å²) in [6.07, 6.45) is 11.0. The molecular weight excluding hydrogens is 828 g/mol. The number of aromatic nitrogens is 2. The van der Waals surface area contributed by atoms with Crippen LogP contribution in [-0.2, 0) is 41.8 Å². The largest absolute Gasteiger partial charge is 0.492 e. The van der Waals surface area contributed by atoms with Gasteiger partial charge >= 0.3 is 0 Å². The molecule has 5 N–H and O–H groups in total. The highest BCUT2D eigenvalue weighted by molar-refractivity contribution is 7.85. The summed E-state index contributed by atoms with van der Waals surface area (Å²) < 4.78 is 89.3. The van der Waals surface area contributed by atoms with Crippen molar-refractivity contribution in [3.63, 3.8) is 0 Å². The van der Waals surface area contributed by atoms with E-state index >= 15 is 0 Å². The van der Waals surface area contributed by atoms with Crippen molar-refractivity contribution >= 4 is 75.8 Å². The maximum atomic E-state index is 12.9. The Morgan fingerprint density at radius 2 is 1.63 bits per heavy atom. The normalized spacial score (nSPS) is 14.1. The Morgan fingerprint density at radius 1 is 0.982 bits per heavy atom. The number of rotatable bonds is 10. The summed E-state index contributed by atoms with van der Waals surface area (Å²) in [5.74, 6) is 0.740. The fourth-order valence-corrected chi connectivity index (χ4v) is 5.07. The number of carbonyl (C=O) groups excluding carboxylic acids is 1. The van der Waals surface area contributed by atoms with E-state index in [9.17, 15) is 35.3 Å². The summed E-state index contributed by atoms with van der Waals surface area (Å²) in [6.45, 7) is 3.58. The van der Waals surface area contributed by atoms with Gasteiger partial charge in [-0.25, -0.2) is 0 Å². The minimum atomic E-state index is -3.67. The fourth-order valence-electron chi connectivity index (χ4n) is 4.84. The lowest BCUT2D eigenvalue weighted by atomic mass is 10.1. The Kier molecular flexibility index (Phi) is 18.7. The number of likely N-dealkylation sites (tertiary alicyclic amines) is 1. The maximum Gasteiger partial charge on any atom is 0.261 e. The molecule has 0 radical (unpaired) electrons. The van der Waals surface area contributed by atoms with Crippen LogP contribution in [0, 0.1) is 11.3 Å². The number of amides is 1. The van der Waals surface area contributed by atoms with Crippen LogP contribution in [0.3, 0.4) is 0 Å². The summed E-state index contributed by atoms with van der Waals surface area (Å²) in [7, 11) is -8.94. The molecule has 1 saturated heterocycles. The molecule has 0 saturated carbocycles. The zero-order valence-corrected chi connectivity index (χ0v) is 34.7. The molecule has 22 heteroatoms. The van der Waals surface area contributed by atoms with E-state index in [0.29, 0.717) is 75.4 Å². The molecule has 310 valence electrons. The third-order valence-corrected chi connectivity index (χ3v) is 7.29. The van der Waals surface area contributed by atoms with Crippen molar-refractivity contribution in [3.8, 4) is 17.6 Å². The number of hydrogen-bond acceptors (Lipinski definition) is 14. The first-order valence-corrected chi connectivity index (χ1v) is 22.4. The summed E-state index contributed by atoms with van der Waals surface area (Å²) in [5.41, 5.74) is 3.38. The first kappa shape index (κ1) is 48.2. The Morgan fingerprint density at radius 3 is 2.16 bits per heavy atom. The standard InChI is InChI=1S/C32H31ClN6O3.3CH4O3S/c1-3-41-30-17-27-25(16-28(30)38-31(40)12-10-24-8-6-14-39(24)2)32(21(18-34)19-36-27)37-22-9-11-29(26(33)15-22)42-20-23-7-4-5-13-35-23;3*1-5(2,3)4/h4-5,7,9-13,15-17,19,24H,3,6,8,14,20H2,1-2H3,(H,36,37)(H,38,40);3*1H3,(H,2,3,4)/t24-;;;/m1.../s1. The van der Waals surface area contributed by atoms with Crippen molar-refractivity contribution in [2.24, 2.45) is 0 Å². The van der Waals surface area contributed by atoms with Gasteiger partial charge in [-0.1, -0.05) is 23.7 Å². The Bertz CT molecular complexity index is 2300. The second kappa shape index (κ2) is 22.1. The van der Waals surface area contributed by atoms with Crippen LogP contribution in [0.4, 0.5) is 17.1 Å². The molecule has 1 aliphatic heterocycles. The number of anilines is 3. The summed E-state index contributed by atoms with van der Waals surface area (Å²) in [6, 6.07) is 16.9. The average molecular weight is 871 g/mol. The highest BCUT2D eigenvalue weighted by Crippen LogP contribution is 2.37. The minimum absolute atomic E-state index is 0.246.